The molecule has 0 aliphatic carbocycles. The summed E-state index contributed by atoms with van der Waals surface area (Å²) in [5.74, 6) is 0. The minimum absolute atomic E-state index is 0. The van der Waals surface area contributed by atoms with Crippen molar-refractivity contribution in [3.8, 4) is 33.6 Å². The van der Waals surface area contributed by atoms with Crippen molar-refractivity contribution in [3.63, 3.8) is 0 Å². The number of nitrogens with zero attached hydrogens (tertiary/aromatic N) is 4. The van der Waals surface area contributed by atoms with Crippen LogP contribution in [-0.2, 0) is 20.1 Å². The van der Waals surface area contributed by atoms with Crippen LogP contribution >= 0.6 is 0 Å². The Hall–Kier alpha value is -5.03. The molecular weight excluding hydrogens is 757 g/mol. The molecule has 47 heavy (non-hydrogen) atoms. The Morgan fingerprint density at radius 3 is 2.38 bits per heavy atom. The van der Waals surface area contributed by atoms with Crippen LogP contribution in [0.4, 0.5) is 0 Å². The van der Waals surface area contributed by atoms with Crippen molar-refractivity contribution in [1.29, 1.82) is 0 Å². The van der Waals surface area contributed by atoms with E-state index in [-0.39, 0.29) is 70.6 Å². The zero-order valence-electron chi connectivity index (χ0n) is 39.3. The molecule has 0 bridgehead atoms. The second kappa shape index (κ2) is 13.4. The van der Waals surface area contributed by atoms with E-state index < -0.39 is 34.3 Å². The first kappa shape index (κ1) is 18.3. The van der Waals surface area contributed by atoms with Crippen LogP contribution in [0.2, 0.25) is 0 Å². The first-order valence-corrected chi connectivity index (χ1v) is 14.0. The molecule has 5 aromatic heterocycles. The molecule has 0 amide bonds. The smallest absolute Gasteiger partial charge is 0.216 e. The third-order valence-electron chi connectivity index (χ3n) is 7.37. The van der Waals surface area contributed by atoms with Crippen molar-refractivity contribution in [3.05, 3.63) is 144 Å². The van der Waals surface area contributed by atoms with Gasteiger partial charge in [-0.25, -0.2) is 4.98 Å². The fourth-order valence-corrected chi connectivity index (χ4v) is 5.19. The molecule has 0 unspecified atom stereocenters. The first-order chi connectivity index (χ1) is 28.4. The van der Waals surface area contributed by atoms with Gasteiger partial charge in [-0.2, -0.15) is 0 Å². The summed E-state index contributed by atoms with van der Waals surface area (Å²) in [6, 6.07) is 27.9. The molecule has 0 atom stereocenters. The number of rotatable bonds is 3. The molecule has 0 spiro atoms. The van der Waals surface area contributed by atoms with Gasteiger partial charge in [0.15, 0.2) is 0 Å². The molecule has 0 aliphatic heterocycles. The molecule has 5 nitrogen and oxygen atoms in total. The van der Waals surface area contributed by atoms with Gasteiger partial charge in [-0.15, -0.1) is 53.6 Å². The number of fused-ring (bicyclic) bond motifs is 4. The molecular formula is C41H32IrN4O-2. The summed E-state index contributed by atoms with van der Waals surface area (Å²) in [4.78, 5) is 17.0. The minimum Gasteiger partial charge on any atom is -0.486 e. The summed E-state index contributed by atoms with van der Waals surface area (Å²) in [6.07, 6.45) is 4.09. The SMILES string of the molecule is [2H]C([2H])([2H])c1c[c-]c(-c2ccc(C([2H])([2H])[2H])cn2)cc1.[2H]C([2H])([2H])c1ccc2c(n1)oc1c(-c3cc(-c4c(C([2H])([2H])[2H])ccc5ncccc45)c(C([2H])([2H])[2H])cn3)[c-]ccc12.[Ir]. The van der Waals surface area contributed by atoms with E-state index in [0.29, 0.717) is 44.1 Å². The summed E-state index contributed by atoms with van der Waals surface area (Å²) in [5, 5.41) is 1.71. The van der Waals surface area contributed by atoms with Crippen LogP contribution in [0.3, 0.4) is 0 Å². The Morgan fingerprint density at radius 2 is 1.60 bits per heavy atom. The number of hydrogen-bond acceptors (Lipinski definition) is 5. The second-order valence-corrected chi connectivity index (χ2v) is 10.3. The zero-order valence-corrected chi connectivity index (χ0v) is 26.7. The van der Waals surface area contributed by atoms with Gasteiger partial charge in [0.05, 0.1) is 11.1 Å². The maximum atomic E-state index is 8.20. The molecule has 0 fully saturated rings. The Kier molecular flexibility index (Phi) is 5.22. The van der Waals surface area contributed by atoms with Crippen LogP contribution < -0.4 is 0 Å². The largest absolute Gasteiger partial charge is 0.486 e. The van der Waals surface area contributed by atoms with Gasteiger partial charge >= 0.3 is 0 Å². The fourth-order valence-electron chi connectivity index (χ4n) is 5.19. The van der Waals surface area contributed by atoms with Crippen LogP contribution in [0, 0.1) is 46.4 Å². The minimum atomic E-state index is -2.61. The molecule has 0 saturated heterocycles. The van der Waals surface area contributed by atoms with Crippen molar-refractivity contribution in [2.75, 3.05) is 0 Å². The van der Waals surface area contributed by atoms with E-state index in [2.05, 4.69) is 32.1 Å². The first-order valence-electron chi connectivity index (χ1n) is 21.5. The molecule has 8 rings (SSSR count). The molecule has 0 aliphatic rings. The van der Waals surface area contributed by atoms with Crippen molar-refractivity contribution in [2.45, 2.75) is 34.3 Å². The fraction of sp³-hybridized carbons (Fsp3) is 0.122. The summed E-state index contributed by atoms with van der Waals surface area (Å²) in [6.45, 7) is -11.9. The Bertz CT molecular complexity index is 2840. The Morgan fingerprint density at radius 1 is 0.702 bits per heavy atom. The van der Waals surface area contributed by atoms with E-state index >= 15 is 0 Å². The predicted molar refractivity (Wildman–Crippen MR) is 187 cm³/mol. The van der Waals surface area contributed by atoms with E-state index in [9.17, 15) is 0 Å². The molecule has 6 heteroatoms. The second-order valence-electron chi connectivity index (χ2n) is 10.3. The number of furan rings is 1. The van der Waals surface area contributed by atoms with E-state index in [0.717, 1.165) is 0 Å². The van der Waals surface area contributed by atoms with Gasteiger partial charge in [0.25, 0.3) is 0 Å². The van der Waals surface area contributed by atoms with Gasteiger partial charge in [-0.1, -0.05) is 48.1 Å². The van der Waals surface area contributed by atoms with Crippen molar-refractivity contribution in [2.24, 2.45) is 0 Å². The summed E-state index contributed by atoms with van der Waals surface area (Å²) < 4.78 is 122. The zero-order chi connectivity index (χ0) is 44.3. The summed E-state index contributed by atoms with van der Waals surface area (Å²) in [7, 11) is 0. The summed E-state index contributed by atoms with van der Waals surface area (Å²) >= 11 is 0. The predicted octanol–water partition coefficient (Wildman–Crippen LogP) is 10.1. The van der Waals surface area contributed by atoms with Crippen LogP contribution in [-0.4, -0.2) is 19.9 Å². The maximum absolute atomic E-state index is 8.20. The van der Waals surface area contributed by atoms with Gasteiger partial charge in [0, 0.05) is 75.7 Å². The quantitative estimate of drug-likeness (QED) is 0.167. The molecule has 0 saturated carbocycles. The molecule has 1 radical (unpaired) electrons. The number of aryl methyl sites for hydroxylation is 5. The van der Waals surface area contributed by atoms with Crippen LogP contribution in [0.1, 0.15) is 48.5 Å². The molecule has 3 aromatic carbocycles. The number of pyridine rings is 4. The maximum Gasteiger partial charge on any atom is 0.216 e. The monoisotopic (exact) mass is 804 g/mol. The van der Waals surface area contributed by atoms with E-state index in [1.807, 2.05) is 0 Å². The van der Waals surface area contributed by atoms with Gasteiger partial charge in [-0.3, -0.25) is 4.98 Å². The van der Waals surface area contributed by atoms with E-state index in [1.54, 1.807) is 54.7 Å². The van der Waals surface area contributed by atoms with Crippen molar-refractivity contribution >= 4 is 33.0 Å². The van der Waals surface area contributed by atoms with Gasteiger partial charge < -0.3 is 14.4 Å². The van der Waals surface area contributed by atoms with Gasteiger partial charge in [0.1, 0.15) is 0 Å². The molecule has 8 aromatic rings. The number of benzene rings is 3. The Labute approximate surface area is 309 Å². The Balaban J connectivity index is 0.000000258. The van der Waals surface area contributed by atoms with Crippen LogP contribution in [0.25, 0.3) is 66.6 Å². The summed E-state index contributed by atoms with van der Waals surface area (Å²) in [5.41, 5.74) is 3.31. The third kappa shape index (κ3) is 6.35. The van der Waals surface area contributed by atoms with Gasteiger partial charge in [-0.05, 0) is 90.9 Å². The van der Waals surface area contributed by atoms with Crippen molar-refractivity contribution in [1.82, 2.24) is 19.9 Å². The topological polar surface area (TPSA) is 64.7 Å². The average molecular weight is 804 g/mol. The normalized spacial score (nSPS) is 17.0. The third-order valence-corrected chi connectivity index (χ3v) is 7.37. The van der Waals surface area contributed by atoms with Crippen LogP contribution in [0.15, 0.2) is 108 Å². The van der Waals surface area contributed by atoms with Gasteiger partial charge in [0.2, 0.25) is 5.71 Å². The molecule has 233 valence electrons. The standard InChI is InChI=1S/C28H20N3O.C13H12N.Ir/c1-16-9-12-24-21(8-5-13-29-24)26(16)23-14-25(30-15-17(23)2)22-7-4-6-19-20-11-10-18(3)31-28(20)32-27(19)22;1-10-3-6-12(7-4-10)13-8-5-11(2)9-14-13;/h4-6,8-15H,1-3H3;3-6,8-9H,1-2H3;/q2*-1;/i1D3,2D3,3D3;1D3,2D3;. The average Bonchev–Trinajstić information content (AvgIpc) is 3.57. The number of aromatic nitrogens is 4. The number of hydrogen-bond donors (Lipinski definition) is 0. The van der Waals surface area contributed by atoms with Crippen molar-refractivity contribution < 1.29 is 45.1 Å². The van der Waals surface area contributed by atoms with Crippen LogP contribution in [0.5, 0.6) is 0 Å². The molecule has 0 N–H and O–H groups in total. The molecule has 5 heterocycles. The van der Waals surface area contributed by atoms with E-state index in [1.165, 1.54) is 48.8 Å². The van der Waals surface area contributed by atoms with E-state index in [4.69, 9.17) is 25.0 Å².